The summed E-state index contributed by atoms with van der Waals surface area (Å²) in [6.07, 6.45) is 3.68. The van der Waals surface area contributed by atoms with Gasteiger partial charge in [0.2, 0.25) is 0 Å². The molecule has 1 N–H and O–H groups in total. The third-order valence-electron chi connectivity index (χ3n) is 3.90. The second-order valence-electron chi connectivity index (χ2n) is 4.75. The molecule has 0 spiro atoms. The largest absolute Gasteiger partial charge is 0.377 e. The minimum atomic E-state index is 0.139. The molecule has 0 aliphatic carbocycles. The standard InChI is InChI=1S/C11H22N2O/c1-10-3-8-13(10)9-11(14-2)4-6-12-7-5-11/h10,12H,3-9H2,1-2H3. The molecule has 2 fully saturated rings. The molecule has 3 heteroatoms. The normalized spacial score (nSPS) is 32.6. The number of hydrogen-bond donors (Lipinski definition) is 1. The van der Waals surface area contributed by atoms with E-state index in [1.807, 2.05) is 7.11 Å². The number of rotatable bonds is 3. The van der Waals surface area contributed by atoms with Gasteiger partial charge in [0, 0.05) is 26.2 Å². The van der Waals surface area contributed by atoms with Gasteiger partial charge in [0.15, 0.2) is 0 Å². The zero-order valence-corrected chi connectivity index (χ0v) is 9.38. The molecule has 2 heterocycles. The molecule has 82 valence electrons. The summed E-state index contributed by atoms with van der Waals surface area (Å²) < 4.78 is 5.75. The van der Waals surface area contributed by atoms with Crippen molar-refractivity contribution in [3.05, 3.63) is 0 Å². The maximum Gasteiger partial charge on any atom is 0.0829 e. The Morgan fingerprint density at radius 2 is 2.14 bits per heavy atom. The van der Waals surface area contributed by atoms with Gasteiger partial charge in [-0.3, -0.25) is 4.90 Å². The fourth-order valence-corrected chi connectivity index (χ4v) is 2.48. The van der Waals surface area contributed by atoms with Gasteiger partial charge in [0.25, 0.3) is 0 Å². The lowest BCUT2D eigenvalue weighted by atomic mass is 9.89. The molecule has 2 rings (SSSR count). The average molecular weight is 198 g/mol. The van der Waals surface area contributed by atoms with Crippen molar-refractivity contribution < 1.29 is 4.74 Å². The van der Waals surface area contributed by atoms with Crippen LogP contribution in [0.2, 0.25) is 0 Å². The smallest absolute Gasteiger partial charge is 0.0829 e. The van der Waals surface area contributed by atoms with Crippen molar-refractivity contribution in [3.8, 4) is 0 Å². The second-order valence-corrected chi connectivity index (χ2v) is 4.75. The molecule has 1 unspecified atom stereocenters. The Balaban J connectivity index is 1.90. The number of nitrogens with zero attached hydrogens (tertiary/aromatic N) is 1. The molecule has 2 saturated heterocycles. The molecule has 1 atom stereocenters. The van der Waals surface area contributed by atoms with E-state index in [-0.39, 0.29) is 5.60 Å². The van der Waals surface area contributed by atoms with Crippen molar-refractivity contribution in [2.75, 3.05) is 33.3 Å². The lowest BCUT2D eigenvalue weighted by molar-refractivity contribution is -0.0789. The first-order valence-corrected chi connectivity index (χ1v) is 5.76. The van der Waals surface area contributed by atoms with Gasteiger partial charge in [-0.15, -0.1) is 0 Å². The van der Waals surface area contributed by atoms with Crippen LogP contribution in [0.25, 0.3) is 0 Å². The molecular weight excluding hydrogens is 176 g/mol. The van der Waals surface area contributed by atoms with E-state index in [1.54, 1.807) is 0 Å². The molecule has 0 aromatic heterocycles. The van der Waals surface area contributed by atoms with Crippen molar-refractivity contribution in [2.24, 2.45) is 0 Å². The van der Waals surface area contributed by atoms with Gasteiger partial charge in [-0.1, -0.05) is 0 Å². The number of nitrogens with one attached hydrogen (secondary N) is 1. The summed E-state index contributed by atoms with van der Waals surface area (Å²) in [5, 5.41) is 3.40. The lowest BCUT2D eigenvalue weighted by Crippen LogP contribution is -2.57. The Morgan fingerprint density at radius 1 is 1.43 bits per heavy atom. The number of hydrogen-bond acceptors (Lipinski definition) is 3. The molecule has 2 aliphatic heterocycles. The van der Waals surface area contributed by atoms with Crippen LogP contribution in [0.4, 0.5) is 0 Å². The summed E-state index contributed by atoms with van der Waals surface area (Å²) >= 11 is 0. The summed E-state index contributed by atoms with van der Waals surface area (Å²) in [4.78, 5) is 2.55. The summed E-state index contributed by atoms with van der Waals surface area (Å²) in [6, 6.07) is 0.775. The fourth-order valence-electron chi connectivity index (χ4n) is 2.48. The third kappa shape index (κ3) is 1.95. The van der Waals surface area contributed by atoms with Crippen LogP contribution >= 0.6 is 0 Å². The number of ether oxygens (including phenoxy) is 1. The van der Waals surface area contributed by atoms with Crippen LogP contribution in [0.3, 0.4) is 0 Å². The van der Waals surface area contributed by atoms with Crippen LogP contribution in [0.1, 0.15) is 26.2 Å². The van der Waals surface area contributed by atoms with Crippen molar-refractivity contribution >= 4 is 0 Å². The van der Waals surface area contributed by atoms with Gasteiger partial charge in [-0.05, 0) is 39.3 Å². The van der Waals surface area contributed by atoms with Gasteiger partial charge in [0.05, 0.1) is 5.60 Å². The Bertz CT molecular complexity index is 190. The maximum atomic E-state index is 5.75. The molecule has 0 aromatic rings. The number of piperidine rings is 1. The Kier molecular flexibility index (Phi) is 3.10. The van der Waals surface area contributed by atoms with E-state index in [9.17, 15) is 0 Å². The van der Waals surface area contributed by atoms with E-state index in [0.29, 0.717) is 0 Å². The molecular formula is C11H22N2O. The molecule has 0 bridgehead atoms. The Hall–Kier alpha value is -0.120. The first-order chi connectivity index (χ1) is 6.76. The van der Waals surface area contributed by atoms with Crippen LogP contribution in [0.15, 0.2) is 0 Å². The fraction of sp³-hybridized carbons (Fsp3) is 1.00. The van der Waals surface area contributed by atoms with Crippen molar-refractivity contribution in [1.29, 1.82) is 0 Å². The van der Waals surface area contributed by atoms with Crippen molar-refractivity contribution in [3.63, 3.8) is 0 Å². The second kappa shape index (κ2) is 4.17. The highest BCUT2D eigenvalue weighted by Gasteiger charge is 2.37. The number of methoxy groups -OCH3 is 1. The zero-order chi connectivity index (χ0) is 10.0. The summed E-state index contributed by atoms with van der Waals surface area (Å²) in [5.74, 6) is 0. The van der Waals surface area contributed by atoms with Gasteiger partial charge in [-0.25, -0.2) is 0 Å². The highest BCUT2D eigenvalue weighted by Crippen LogP contribution is 2.28. The average Bonchev–Trinajstić information content (AvgIpc) is 2.25. The minimum absolute atomic E-state index is 0.139. The van der Waals surface area contributed by atoms with E-state index in [1.165, 1.54) is 13.0 Å². The van der Waals surface area contributed by atoms with E-state index in [4.69, 9.17) is 4.74 Å². The van der Waals surface area contributed by atoms with Crippen LogP contribution in [-0.2, 0) is 4.74 Å². The Morgan fingerprint density at radius 3 is 2.57 bits per heavy atom. The molecule has 0 amide bonds. The first kappa shape index (κ1) is 10.4. The molecule has 2 aliphatic rings. The maximum absolute atomic E-state index is 5.75. The van der Waals surface area contributed by atoms with Crippen LogP contribution in [0, 0.1) is 0 Å². The highest BCUT2D eigenvalue weighted by atomic mass is 16.5. The molecule has 3 nitrogen and oxygen atoms in total. The minimum Gasteiger partial charge on any atom is -0.377 e. The summed E-state index contributed by atoms with van der Waals surface area (Å²) in [7, 11) is 1.87. The quantitative estimate of drug-likeness (QED) is 0.727. The molecule has 14 heavy (non-hydrogen) atoms. The first-order valence-electron chi connectivity index (χ1n) is 5.76. The Labute approximate surface area is 86.8 Å². The van der Waals surface area contributed by atoms with E-state index in [2.05, 4.69) is 17.1 Å². The van der Waals surface area contributed by atoms with Crippen LogP contribution in [-0.4, -0.2) is 49.8 Å². The summed E-state index contributed by atoms with van der Waals surface area (Å²) in [6.45, 7) is 6.92. The lowest BCUT2D eigenvalue weighted by Gasteiger charge is -2.46. The molecule has 0 saturated carbocycles. The van der Waals surface area contributed by atoms with Crippen LogP contribution < -0.4 is 5.32 Å². The summed E-state index contributed by atoms with van der Waals surface area (Å²) in [5.41, 5.74) is 0.139. The van der Waals surface area contributed by atoms with Crippen molar-refractivity contribution in [2.45, 2.75) is 37.8 Å². The highest BCUT2D eigenvalue weighted by molar-refractivity contribution is 4.92. The topological polar surface area (TPSA) is 24.5 Å². The molecule has 0 aromatic carbocycles. The monoisotopic (exact) mass is 198 g/mol. The zero-order valence-electron chi connectivity index (χ0n) is 9.38. The van der Waals surface area contributed by atoms with Crippen LogP contribution in [0.5, 0.6) is 0 Å². The number of likely N-dealkylation sites (tertiary alicyclic amines) is 1. The predicted molar refractivity (Wildman–Crippen MR) is 57.5 cm³/mol. The predicted octanol–water partition coefficient (Wildman–Crippen LogP) is 0.849. The van der Waals surface area contributed by atoms with E-state index >= 15 is 0 Å². The van der Waals surface area contributed by atoms with Crippen molar-refractivity contribution in [1.82, 2.24) is 10.2 Å². The van der Waals surface area contributed by atoms with E-state index in [0.717, 1.165) is 38.5 Å². The van der Waals surface area contributed by atoms with Gasteiger partial charge in [-0.2, -0.15) is 0 Å². The van der Waals surface area contributed by atoms with E-state index < -0.39 is 0 Å². The van der Waals surface area contributed by atoms with Gasteiger partial charge >= 0.3 is 0 Å². The molecule has 0 radical (unpaired) electrons. The SMILES string of the molecule is COC1(CN2CCC2C)CCNCC1. The third-order valence-corrected chi connectivity index (χ3v) is 3.90. The van der Waals surface area contributed by atoms with Gasteiger partial charge in [0.1, 0.15) is 0 Å². The van der Waals surface area contributed by atoms with Gasteiger partial charge < -0.3 is 10.1 Å².